The molecule has 0 bridgehead atoms. The van der Waals surface area contributed by atoms with Crippen molar-refractivity contribution in [2.75, 3.05) is 18.8 Å². The third kappa shape index (κ3) is 2.29. The molecule has 7 nitrogen and oxygen atoms in total. The van der Waals surface area contributed by atoms with Gasteiger partial charge in [0.1, 0.15) is 5.65 Å². The summed E-state index contributed by atoms with van der Waals surface area (Å²) in [7, 11) is -3.73. The van der Waals surface area contributed by atoms with Crippen LogP contribution in [0.25, 0.3) is 5.65 Å². The molecule has 2 aromatic rings. The minimum absolute atomic E-state index is 0.0000231. The van der Waals surface area contributed by atoms with Crippen LogP contribution in [0.3, 0.4) is 0 Å². The summed E-state index contributed by atoms with van der Waals surface area (Å²) < 4.78 is 28.5. The van der Waals surface area contributed by atoms with Gasteiger partial charge in [-0.1, -0.05) is 13.0 Å². The minimum Gasteiger partial charge on any atom is -0.393 e. The Bertz CT molecular complexity index is 771. The standard InChI is InChI=1S/C13H18N4O3S/c1-9-8-16(7-5-10(9)18)21(19,20)13-12(14)15-11-4-2-3-6-17(11)13/h2-4,6,9-10,18H,5,7-8,14H2,1H3. The molecule has 1 aliphatic heterocycles. The molecule has 0 saturated carbocycles. The van der Waals surface area contributed by atoms with Gasteiger partial charge in [0.2, 0.25) is 0 Å². The molecule has 3 rings (SSSR count). The zero-order valence-electron chi connectivity index (χ0n) is 11.7. The summed E-state index contributed by atoms with van der Waals surface area (Å²) >= 11 is 0. The number of sulfonamides is 1. The number of aliphatic hydroxyl groups excluding tert-OH is 1. The van der Waals surface area contributed by atoms with E-state index in [4.69, 9.17) is 5.73 Å². The number of nitrogens with zero attached hydrogens (tertiary/aromatic N) is 3. The fourth-order valence-corrected chi connectivity index (χ4v) is 4.42. The lowest BCUT2D eigenvalue weighted by atomic mass is 9.99. The van der Waals surface area contributed by atoms with Crippen LogP contribution < -0.4 is 5.73 Å². The van der Waals surface area contributed by atoms with Gasteiger partial charge in [0.15, 0.2) is 10.8 Å². The Balaban J connectivity index is 2.07. The predicted octanol–water partition coefficient (Wildman–Crippen LogP) is 0.308. The maximum Gasteiger partial charge on any atom is 0.262 e. The second-order valence-corrected chi connectivity index (χ2v) is 7.28. The normalized spacial score (nSPS) is 24.5. The van der Waals surface area contributed by atoms with Crippen LogP contribution in [0, 0.1) is 5.92 Å². The van der Waals surface area contributed by atoms with Gasteiger partial charge in [-0.3, -0.25) is 4.40 Å². The average molecular weight is 310 g/mol. The fourth-order valence-electron chi connectivity index (χ4n) is 2.68. The zero-order chi connectivity index (χ0) is 15.2. The first-order valence-corrected chi connectivity index (χ1v) is 8.26. The number of aliphatic hydroxyl groups is 1. The zero-order valence-corrected chi connectivity index (χ0v) is 12.5. The summed E-state index contributed by atoms with van der Waals surface area (Å²) in [6.45, 7) is 2.40. The van der Waals surface area contributed by atoms with Crippen molar-refractivity contribution in [3.8, 4) is 0 Å². The summed E-state index contributed by atoms with van der Waals surface area (Å²) in [4.78, 5) is 4.09. The number of nitrogen functional groups attached to an aromatic ring is 1. The molecule has 8 heteroatoms. The lowest BCUT2D eigenvalue weighted by Gasteiger charge is -2.33. The number of pyridine rings is 1. The number of rotatable bonds is 2. The first-order chi connectivity index (χ1) is 9.91. The quantitative estimate of drug-likeness (QED) is 0.831. The van der Waals surface area contributed by atoms with E-state index in [0.717, 1.165) is 0 Å². The molecule has 1 saturated heterocycles. The molecule has 0 spiro atoms. The van der Waals surface area contributed by atoms with Crippen LogP contribution in [-0.2, 0) is 10.0 Å². The molecule has 3 heterocycles. The van der Waals surface area contributed by atoms with Gasteiger partial charge in [0.25, 0.3) is 10.0 Å². The molecule has 3 N–H and O–H groups in total. The Morgan fingerprint density at radius 1 is 1.43 bits per heavy atom. The molecule has 0 radical (unpaired) electrons. The summed E-state index contributed by atoms with van der Waals surface area (Å²) in [5.41, 5.74) is 6.32. The van der Waals surface area contributed by atoms with Crippen molar-refractivity contribution < 1.29 is 13.5 Å². The monoisotopic (exact) mass is 310 g/mol. The second-order valence-electron chi connectivity index (χ2n) is 5.43. The Morgan fingerprint density at radius 2 is 2.19 bits per heavy atom. The summed E-state index contributed by atoms with van der Waals surface area (Å²) in [6, 6.07) is 5.21. The van der Waals surface area contributed by atoms with Crippen LogP contribution in [-0.4, -0.2) is 46.4 Å². The Hall–Kier alpha value is -1.64. The van der Waals surface area contributed by atoms with E-state index in [2.05, 4.69) is 4.98 Å². The van der Waals surface area contributed by atoms with Gasteiger partial charge in [-0.15, -0.1) is 0 Å². The first-order valence-electron chi connectivity index (χ1n) is 6.82. The third-order valence-electron chi connectivity index (χ3n) is 3.92. The van der Waals surface area contributed by atoms with Gasteiger partial charge in [-0.05, 0) is 24.5 Å². The van der Waals surface area contributed by atoms with Crippen molar-refractivity contribution in [2.24, 2.45) is 5.92 Å². The van der Waals surface area contributed by atoms with Crippen LogP contribution in [0.2, 0.25) is 0 Å². The number of anilines is 1. The van der Waals surface area contributed by atoms with Gasteiger partial charge in [-0.25, -0.2) is 13.4 Å². The highest BCUT2D eigenvalue weighted by Crippen LogP contribution is 2.27. The highest BCUT2D eigenvalue weighted by molar-refractivity contribution is 7.89. The van der Waals surface area contributed by atoms with Crippen LogP contribution >= 0.6 is 0 Å². The van der Waals surface area contributed by atoms with Crippen molar-refractivity contribution in [1.82, 2.24) is 13.7 Å². The number of aromatic nitrogens is 2. The highest BCUT2D eigenvalue weighted by Gasteiger charge is 2.35. The first kappa shape index (κ1) is 14.3. The number of fused-ring (bicyclic) bond motifs is 1. The molecular weight excluding hydrogens is 292 g/mol. The van der Waals surface area contributed by atoms with Crippen LogP contribution in [0.15, 0.2) is 29.4 Å². The maximum atomic E-state index is 12.8. The largest absolute Gasteiger partial charge is 0.393 e. The van der Waals surface area contributed by atoms with Crippen LogP contribution in [0.1, 0.15) is 13.3 Å². The van der Waals surface area contributed by atoms with Crippen molar-refractivity contribution in [1.29, 1.82) is 0 Å². The molecular formula is C13H18N4O3S. The second kappa shape index (κ2) is 4.97. The Kier molecular flexibility index (Phi) is 3.39. The molecule has 2 aromatic heterocycles. The van der Waals surface area contributed by atoms with E-state index in [1.165, 1.54) is 8.71 Å². The van der Waals surface area contributed by atoms with E-state index in [1.807, 2.05) is 6.92 Å². The van der Waals surface area contributed by atoms with E-state index >= 15 is 0 Å². The van der Waals surface area contributed by atoms with E-state index in [-0.39, 0.29) is 29.9 Å². The van der Waals surface area contributed by atoms with Crippen molar-refractivity contribution in [3.05, 3.63) is 24.4 Å². The van der Waals surface area contributed by atoms with E-state index in [9.17, 15) is 13.5 Å². The fraction of sp³-hybridized carbons (Fsp3) is 0.462. The molecule has 0 aliphatic carbocycles. The van der Waals surface area contributed by atoms with Crippen molar-refractivity contribution in [3.63, 3.8) is 0 Å². The summed E-state index contributed by atoms with van der Waals surface area (Å²) in [6.07, 6.45) is 1.60. The summed E-state index contributed by atoms with van der Waals surface area (Å²) in [5.74, 6) is -0.103. The van der Waals surface area contributed by atoms with E-state index in [0.29, 0.717) is 12.1 Å². The number of imidazole rings is 1. The topological polar surface area (TPSA) is 101 Å². The number of hydrogen-bond donors (Lipinski definition) is 2. The molecule has 0 amide bonds. The van der Waals surface area contributed by atoms with Crippen LogP contribution in [0.4, 0.5) is 5.82 Å². The lowest BCUT2D eigenvalue weighted by Crippen LogP contribution is -2.45. The molecule has 0 aromatic carbocycles. The van der Waals surface area contributed by atoms with Gasteiger partial charge in [0.05, 0.1) is 6.10 Å². The third-order valence-corrected chi connectivity index (χ3v) is 5.82. The molecule has 1 aliphatic rings. The number of piperidine rings is 1. The smallest absolute Gasteiger partial charge is 0.262 e. The van der Waals surface area contributed by atoms with Gasteiger partial charge < -0.3 is 10.8 Å². The van der Waals surface area contributed by atoms with Gasteiger partial charge in [-0.2, -0.15) is 4.31 Å². The Labute approximate surface area is 123 Å². The Morgan fingerprint density at radius 3 is 2.90 bits per heavy atom. The van der Waals surface area contributed by atoms with E-state index < -0.39 is 16.1 Å². The van der Waals surface area contributed by atoms with Crippen molar-refractivity contribution in [2.45, 2.75) is 24.5 Å². The minimum atomic E-state index is -3.73. The maximum absolute atomic E-state index is 12.8. The highest BCUT2D eigenvalue weighted by atomic mass is 32.2. The van der Waals surface area contributed by atoms with Crippen LogP contribution in [0.5, 0.6) is 0 Å². The SMILES string of the molecule is CC1CN(S(=O)(=O)c2c(N)nc3ccccn23)CCC1O. The predicted molar refractivity (Wildman–Crippen MR) is 78.2 cm³/mol. The van der Waals surface area contributed by atoms with Crippen molar-refractivity contribution >= 4 is 21.5 Å². The van der Waals surface area contributed by atoms with Gasteiger partial charge in [0, 0.05) is 19.3 Å². The van der Waals surface area contributed by atoms with E-state index in [1.54, 1.807) is 24.4 Å². The number of nitrogens with two attached hydrogens (primary N) is 1. The average Bonchev–Trinajstić information content (AvgIpc) is 2.78. The van der Waals surface area contributed by atoms with Gasteiger partial charge >= 0.3 is 0 Å². The molecule has 2 unspecified atom stereocenters. The molecule has 2 atom stereocenters. The summed E-state index contributed by atoms with van der Waals surface area (Å²) in [5, 5.41) is 9.76. The molecule has 114 valence electrons. The molecule has 21 heavy (non-hydrogen) atoms. The lowest BCUT2D eigenvalue weighted by molar-refractivity contribution is 0.0628. The number of hydrogen-bond acceptors (Lipinski definition) is 5. The molecule has 1 fully saturated rings.